The summed E-state index contributed by atoms with van der Waals surface area (Å²) >= 11 is 1.25. The molecule has 0 fully saturated rings. The molecule has 1 aromatic heterocycles. The summed E-state index contributed by atoms with van der Waals surface area (Å²) in [5, 5.41) is 1.34. The Bertz CT molecular complexity index is 1570. The predicted octanol–water partition coefficient (Wildman–Crippen LogP) is 5.56. The number of rotatable bonds is 5. The van der Waals surface area contributed by atoms with Gasteiger partial charge in [0.15, 0.2) is 22.4 Å². The molecule has 6 rings (SSSR count). The maximum Gasteiger partial charge on any atom is 0.283 e. The molecule has 1 amide bonds. The Morgan fingerprint density at radius 1 is 1.08 bits per heavy atom. The lowest BCUT2D eigenvalue weighted by Crippen LogP contribution is -2.30. The van der Waals surface area contributed by atoms with Gasteiger partial charge in [0.05, 0.1) is 11.4 Å². The van der Waals surface area contributed by atoms with Gasteiger partial charge in [0.1, 0.15) is 5.70 Å². The third kappa shape index (κ3) is 4.05. The highest BCUT2D eigenvalue weighted by Crippen LogP contribution is 2.35. The predicted molar refractivity (Wildman–Crippen MR) is 142 cm³/mol. The van der Waals surface area contributed by atoms with E-state index >= 15 is 0 Å². The Morgan fingerprint density at radius 2 is 1.89 bits per heavy atom. The number of aryl methyl sites for hydroxylation is 1. The van der Waals surface area contributed by atoms with Crippen LogP contribution in [0.25, 0.3) is 17.0 Å². The van der Waals surface area contributed by atoms with Gasteiger partial charge in [-0.05, 0) is 48.9 Å². The minimum atomic E-state index is -0.251. The number of thioether (sulfide) groups is 1. The van der Waals surface area contributed by atoms with Gasteiger partial charge in [0.25, 0.3) is 5.91 Å². The SMILES string of the molecule is Cc1ccc(N2C(=O)C(=Cc3ccc4c(c3)OCO4)N=C2SCC(=O)c2c[nH]c3ccccc23)cc1. The zero-order chi connectivity index (χ0) is 24.6. The monoisotopic (exact) mass is 495 g/mol. The number of para-hydroxylation sites is 1. The van der Waals surface area contributed by atoms with Crippen molar-refractivity contribution in [2.24, 2.45) is 4.99 Å². The summed E-state index contributed by atoms with van der Waals surface area (Å²) in [6.45, 7) is 2.17. The van der Waals surface area contributed by atoms with Gasteiger partial charge in [-0.25, -0.2) is 4.99 Å². The van der Waals surface area contributed by atoms with Crippen molar-refractivity contribution in [2.45, 2.75) is 6.92 Å². The van der Waals surface area contributed by atoms with Crippen LogP contribution in [0.15, 0.2) is 83.6 Å². The summed E-state index contributed by atoms with van der Waals surface area (Å²) in [6.07, 6.45) is 3.46. The number of hydrogen-bond acceptors (Lipinski definition) is 6. The van der Waals surface area contributed by atoms with Gasteiger partial charge in [0, 0.05) is 22.7 Å². The van der Waals surface area contributed by atoms with Crippen LogP contribution in [0.4, 0.5) is 5.69 Å². The van der Waals surface area contributed by atoms with E-state index in [0.717, 1.165) is 22.0 Å². The van der Waals surface area contributed by atoms with Gasteiger partial charge in [-0.1, -0.05) is 53.7 Å². The number of ether oxygens (including phenoxy) is 2. The number of amides is 1. The van der Waals surface area contributed by atoms with E-state index < -0.39 is 0 Å². The van der Waals surface area contributed by atoms with Gasteiger partial charge in [-0.15, -0.1) is 0 Å². The average Bonchev–Trinajstić information content (AvgIpc) is 3.61. The zero-order valence-corrected chi connectivity index (χ0v) is 20.2. The highest BCUT2D eigenvalue weighted by atomic mass is 32.2. The molecule has 36 heavy (non-hydrogen) atoms. The number of aliphatic imine (C=N–C) groups is 1. The Kier molecular flexibility index (Phi) is 5.58. The third-order valence-electron chi connectivity index (χ3n) is 6.04. The summed E-state index contributed by atoms with van der Waals surface area (Å²) in [7, 11) is 0. The van der Waals surface area contributed by atoms with E-state index in [1.807, 2.05) is 73.7 Å². The van der Waals surface area contributed by atoms with E-state index in [1.165, 1.54) is 11.8 Å². The maximum absolute atomic E-state index is 13.5. The number of carbonyl (C=O) groups is 2. The molecule has 8 heteroatoms. The van der Waals surface area contributed by atoms with E-state index in [2.05, 4.69) is 9.98 Å². The lowest BCUT2D eigenvalue weighted by Gasteiger charge is -2.17. The average molecular weight is 496 g/mol. The molecule has 0 aliphatic carbocycles. The number of fused-ring (bicyclic) bond motifs is 2. The second kappa shape index (κ2) is 9.05. The van der Waals surface area contributed by atoms with E-state index in [9.17, 15) is 9.59 Å². The van der Waals surface area contributed by atoms with Crippen molar-refractivity contribution >= 4 is 51.3 Å². The largest absolute Gasteiger partial charge is 0.454 e. The summed E-state index contributed by atoms with van der Waals surface area (Å²) in [6, 6.07) is 20.8. The quantitative estimate of drug-likeness (QED) is 0.289. The highest BCUT2D eigenvalue weighted by molar-refractivity contribution is 8.14. The van der Waals surface area contributed by atoms with Crippen LogP contribution in [-0.2, 0) is 4.79 Å². The number of carbonyl (C=O) groups excluding carboxylic acids is 2. The molecule has 7 nitrogen and oxygen atoms in total. The number of H-pyrrole nitrogens is 1. The summed E-state index contributed by atoms with van der Waals surface area (Å²) in [5.41, 5.74) is 4.39. The van der Waals surface area contributed by atoms with Crippen LogP contribution < -0.4 is 14.4 Å². The van der Waals surface area contributed by atoms with Crippen LogP contribution in [0.5, 0.6) is 11.5 Å². The number of hydrogen-bond donors (Lipinski definition) is 1. The van der Waals surface area contributed by atoms with E-state index in [-0.39, 0.29) is 29.9 Å². The number of anilines is 1. The Labute approximate surface area is 211 Å². The first kappa shape index (κ1) is 22.2. The fourth-order valence-electron chi connectivity index (χ4n) is 4.19. The molecule has 0 radical (unpaired) electrons. The number of ketones is 1. The number of Topliss-reactive ketones (excluding diaryl/α,β-unsaturated/α-hetero) is 1. The maximum atomic E-state index is 13.5. The van der Waals surface area contributed by atoms with E-state index in [1.54, 1.807) is 17.2 Å². The molecule has 0 unspecified atom stereocenters. The van der Waals surface area contributed by atoms with Crippen molar-refractivity contribution < 1.29 is 19.1 Å². The normalized spacial score (nSPS) is 15.7. The molecule has 4 aromatic rings. The van der Waals surface area contributed by atoms with Crippen LogP contribution in [0.1, 0.15) is 21.5 Å². The van der Waals surface area contributed by atoms with Gasteiger partial charge in [-0.2, -0.15) is 0 Å². The van der Waals surface area contributed by atoms with E-state index in [4.69, 9.17) is 9.47 Å². The fraction of sp³-hybridized carbons (Fsp3) is 0.107. The molecule has 0 bridgehead atoms. The first-order valence-corrected chi connectivity index (χ1v) is 12.4. The number of nitrogens with zero attached hydrogens (tertiary/aromatic N) is 2. The Hall–Kier alpha value is -4.30. The number of nitrogens with one attached hydrogen (secondary N) is 1. The zero-order valence-electron chi connectivity index (χ0n) is 19.4. The van der Waals surface area contributed by atoms with Crippen LogP contribution in [0, 0.1) is 6.92 Å². The second-order valence-corrected chi connectivity index (χ2v) is 9.42. The van der Waals surface area contributed by atoms with Crippen molar-refractivity contribution in [3.8, 4) is 11.5 Å². The molecule has 0 saturated carbocycles. The highest BCUT2D eigenvalue weighted by Gasteiger charge is 2.32. The first-order valence-electron chi connectivity index (χ1n) is 11.4. The van der Waals surface area contributed by atoms with Gasteiger partial charge >= 0.3 is 0 Å². The minimum absolute atomic E-state index is 0.0374. The minimum Gasteiger partial charge on any atom is -0.454 e. The Morgan fingerprint density at radius 3 is 2.75 bits per heavy atom. The van der Waals surface area contributed by atoms with Gasteiger partial charge < -0.3 is 14.5 Å². The summed E-state index contributed by atoms with van der Waals surface area (Å²) in [4.78, 5) is 35.9. The molecule has 3 heterocycles. The number of benzene rings is 3. The number of aromatic nitrogens is 1. The first-order chi connectivity index (χ1) is 17.6. The van der Waals surface area contributed by atoms with Gasteiger partial charge in [0.2, 0.25) is 6.79 Å². The number of aromatic amines is 1. The van der Waals surface area contributed by atoms with Crippen LogP contribution in [0.2, 0.25) is 0 Å². The standard InChI is InChI=1S/C28H21N3O4S/c1-17-6-9-19(10-7-17)31-27(33)23(12-18-8-11-25-26(13-18)35-16-34-25)30-28(31)36-15-24(32)21-14-29-22-5-3-2-4-20(21)22/h2-14,29H,15-16H2,1H3. The van der Waals surface area contributed by atoms with E-state index in [0.29, 0.717) is 27.9 Å². The number of amidine groups is 1. The fourth-order valence-corrected chi connectivity index (χ4v) is 5.08. The molecule has 0 atom stereocenters. The summed E-state index contributed by atoms with van der Waals surface area (Å²) in [5.74, 6) is 1.16. The molecule has 2 aliphatic heterocycles. The van der Waals surface area contributed by atoms with Crippen molar-refractivity contribution in [2.75, 3.05) is 17.4 Å². The van der Waals surface area contributed by atoms with Crippen molar-refractivity contribution in [3.05, 3.63) is 95.3 Å². The van der Waals surface area contributed by atoms with Crippen molar-refractivity contribution in [1.29, 1.82) is 0 Å². The molecule has 3 aromatic carbocycles. The van der Waals surface area contributed by atoms with Crippen molar-refractivity contribution in [1.82, 2.24) is 4.98 Å². The molecular weight excluding hydrogens is 474 g/mol. The Balaban J connectivity index is 1.30. The van der Waals surface area contributed by atoms with Crippen LogP contribution >= 0.6 is 11.8 Å². The molecule has 2 aliphatic rings. The van der Waals surface area contributed by atoms with Gasteiger partial charge in [-0.3, -0.25) is 14.5 Å². The third-order valence-corrected chi connectivity index (χ3v) is 6.98. The second-order valence-electron chi connectivity index (χ2n) is 8.47. The molecular formula is C28H21N3O4S. The topological polar surface area (TPSA) is 84.0 Å². The molecule has 1 N–H and O–H groups in total. The smallest absolute Gasteiger partial charge is 0.283 e. The molecule has 178 valence electrons. The van der Waals surface area contributed by atoms with Crippen LogP contribution in [0.3, 0.4) is 0 Å². The van der Waals surface area contributed by atoms with Crippen molar-refractivity contribution in [3.63, 3.8) is 0 Å². The lowest BCUT2D eigenvalue weighted by molar-refractivity contribution is -0.113. The summed E-state index contributed by atoms with van der Waals surface area (Å²) < 4.78 is 10.8. The lowest BCUT2D eigenvalue weighted by atomic mass is 10.1. The molecule has 0 spiro atoms. The molecule has 0 saturated heterocycles. The van der Waals surface area contributed by atoms with Crippen LogP contribution in [-0.4, -0.2) is 34.4 Å².